The van der Waals surface area contributed by atoms with Crippen LogP contribution in [0.5, 0.6) is 34.5 Å². The number of imidazole rings is 2. The number of nitrogens with zero attached hydrogens (tertiary/aromatic N) is 3. The molecule has 0 aliphatic carbocycles. The molecule has 280 valence electrons. The SMILES string of the molecule is C.COc1cccc(OC)c1OC.COc1cccc(OC)c1OCCSc1nc2ccccc2n1CCO.OCCn1c(=S)[nH]c2ccccc21. The van der Waals surface area contributed by atoms with Crippen molar-refractivity contribution in [2.24, 2.45) is 0 Å². The second kappa shape index (κ2) is 21.5. The standard InChI is InChI=1S/C19H22N2O4S.C9H10N2OS.C9H12O3.CH4/c1-23-16-8-5-9-17(24-2)18(16)25-12-13-26-19-20-14-6-3-4-7-15(14)21(19)10-11-22;12-6-5-11-8-4-2-1-3-7(8)10-9(11)13;1-10-7-5-4-6-8(11-2)9(7)12-3;/h3-9,22H,10-13H2,1-2H3;1-4,12H,5-6H2,(H,10,13);4-6H,1-3H3;1H4. The number of nitrogens with one attached hydrogen (secondary N) is 1. The van der Waals surface area contributed by atoms with Crippen molar-refractivity contribution in [3.63, 3.8) is 0 Å². The minimum absolute atomic E-state index is 0. The highest BCUT2D eigenvalue weighted by Crippen LogP contribution is 2.37. The highest BCUT2D eigenvalue weighted by Gasteiger charge is 2.13. The molecule has 0 amide bonds. The Labute approximate surface area is 313 Å². The summed E-state index contributed by atoms with van der Waals surface area (Å²) in [6, 6.07) is 26.8. The number of H-pyrrole nitrogens is 1. The minimum atomic E-state index is 0. The number of fused-ring (bicyclic) bond motifs is 2. The number of benzene rings is 4. The van der Waals surface area contributed by atoms with Crippen molar-refractivity contribution >= 4 is 46.0 Å². The number of aliphatic hydroxyl groups excluding tert-OH is 2. The molecule has 0 unspecified atom stereocenters. The lowest BCUT2D eigenvalue weighted by Crippen LogP contribution is -2.06. The van der Waals surface area contributed by atoms with E-state index in [0.717, 1.165) is 27.2 Å². The van der Waals surface area contributed by atoms with Gasteiger partial charge in [-0.3, -0.25) is 0 Å². The highest BCUT2D eigenvalue weighted by molar-refractivity contribution is 7.99. The first-order valence-corrected chi connectivity index (χ1v) is 17.4. The van der Waals surface area contributed by atoms with E-state index in [1.54, 1.807) is 47.3 Å². The predicted octanol–water partition coefficient (Wildman–Crippen LogP) is 7.26. The summed E-state index contributed by atoms with van der Waals surface area (Å²) in [6.07, 6.45) is 0. The summed E-state index contributed by atoms with van der Waals surface area (Å²) in [7, 11) is 7.98. The average Bonchev–Trinajstić information content (AvgIpc) is 3.69. The van der Waals surface area contributed by atoms with Gasteiger partial charge in [0, 0.05) is 18.8 Å². The number of aromatic amines is 1. The third-order valence-corrected chi connectivity index (χ3v) is 8.74. The molecule has 4 aromatic carbocycles. The Balaban J connectivity index is 0.000000234. The van der Waals surface area contributed by atoms with E-state index in [1.807, 2.05) is 94.1 Å². The molecule has 2 heterocycles. The van der Waals surface area contributed by atoms with Gasteiger partial charge in [-0.05, 0) is 60.7 Å². The van der Waals surface area contributed by atoms with Crippen LogP contribution in [0.2, 0.25) is 0 Å². The maximum absolute atomic E-state index is 9.35. The molecule has 0 fully saturated rings. The third-order valence-electron chi connectivity index (χ3n) is 7.48. The molecule has 14 heteroatoms. The molecule has 0 saturated heterocycles. The molecule has 12 nitrogen and oxygen atoms in total. The van der Waals surface area contributed by atoms with Gasteiger partial charge in [-0.15, -0.1) is 0 Å². The molecular weight excluding hydrogens is 705 g/mol. The second-order valence-corrected chi connectivity index (χ2v) is 11.9. The molecule has 0 spiro atoms. The number of aliphatic hydroxyl groups is 2. The van der Waals surface area contributed by atoms with Crippen molar-refractivity contribution in [2.45, 2.75) is 25.7 Å². The van der Waals surface area contributed by atoms with Crippen LogP contribution in [0.1, 0.15) is 7.43 Å². The van der Waals surface area contributed by atoms with E-state index in [2.05, 4.69) is 9.97 Å². The van der Waals surface area contributed by atoms with Crippen molar-refractivity contribution < 1.29 is 38.6 Å². The van der Waals surface area contributed by atoms with E-state index < -0.39 is 0 Å². The molecule has 0 saturated carbocycles. The number of para-hydroxylation sites is 6. The molecule has 3 N–H and O–H groups in total. The number of ether oxygens (including phenoxy) is 6. The molecule has 0 bridgehead atoms. The first-order valence-electron chi connectivity index (χ1n) is 16.0. The third kappa shape index (κ3) is 10.3. The Kier molecular flexibility index (Phi) is 17.1. The average molecular weight is 753 g/mol. The molecule has 6 aromatic rings. The van der Waals surface area contributed by atoms with Crippen LogP contribution in [0.15, 0.2) is 90.1 Å². The van der Waals surface area contributed by atoms with Crippen LogP contribution < -0.4 is 28.4 Å². The van der Waals surface area contributed by atoms with E-state index in [-0.39, 0.29) is 20.6 Å². The zero-order valence-corrected chi connectivity index (χ0v) is 31.0. The Morgan fingerprint density at radius 3 is 1.73 bits per heavy atom. The van der Waals surface area contributed by atoms with Gasteiger partial charge in [-0.25, -0.2) is 4.98 Å². The quantitative estimate of drug-likeness (QED) is 0.0590. The van der Waals surface area contributed by atoms with Gasteiger partial charge in [-0.1, -0.05) is 55.6 Å². The van der Waals surface area contributed by atoms with Gasteiger partial charge in [0.2, 0.25) is 11.5 Å². The van der Waals surface area contributed by atoms with Crippen molar-refractivity contribution in [1.82, 2.24) is 19.1 Å². The summed E-state index contributed by atoms with van der Waals surface area (Å²) in [5.74, 6) is 4.57. The van der Waals surface area contributed by atoms with Gasteiger partial charge < -0.3 is 52.8 Å². The summed E-state index contributed by atoms with van der Waals surface area (Å²) in [4.78, 5) is 7.73. The van der Waals surface area contributed by atoms with Crippen LogP contribution in [0, 0.1) is 4.77 Å². The number of hydrogen-bond donors (Lipinski definition) is 3. The lowest BCUT2D eigenvalue weighted by atomic mass is 10.3. The van der Waals surface area contributed by atoms with E-state index in [4.69, 9.17) is 45.7 Å². The maximum Gasteiger partial charge on any atom is 0.203 e. The number of aromatic nitrogens is 4. The second-order valence-electron chi connectivity index (χ2n) is 10.5. The Hall–Kier alpha value is -4.89. The molecule has 6 rings (SSSR count). The normalized spacial score (nSPS) is 10.3. The van der Waals surface area contributed by atoms with Crippen molar-refractivity contribution in [1.29, 1.82) is 0 Å². The van der Waals surface area contributed by atoms with E-state index >= 15 is 0 Å². The molecule has 0 aliphatic heterocycles. The van der Waals surface area contributed by atoms with Gasteiger partial charge >= 0.3 is 0 Å². The summed E-state index contributed by atoms with van der Waals surface area (Å²) in [5, 5.41) is 19.1. The zero-order chi connectivity index (χ0) is 36.6. The topological polar surface area (TPSA) is 134 Å². The molecule has 52 heavy (non-hydrogen) atoms. The fourth-order valence-corrected chi connectivity index (χ4v) is 6.32. The van der Waals surface area contributed by atoms with Crippen LogP contribution in [0.25, 0.3) is 22.1 Å². The first kappa shape index (κ1) is 41.5. The summed E-state index contributed by atoms with van der Waals surface area (Å²) in [5.41, 5.74) is 4.01. The van der Waals surface area contributed by atoms with Crippen LogP contribution >= 0.6 is 24.0 Å². The molecule has 0 radical (unpaired) electrons. The van der Waals surface area contributed by atoms with E-state index in [9.17, 15) is 5.11 Å². The largest absolute Gasteiger partial charge is 0.493 e. The Morgan fingerprint density at radius 2 is 1.17 bits per heavy atom. The van der Waals surface area contributed by atoms with Crippen molar-refractivity contribution in [3.8, 4) is 34.5 Å². The number of methoxy groups -OCH3 is 5. The summed E-state index contributed by atoms with van der Waals surface area (Å²) < 4.78 is 36.4. The van der Waals surface area contributed by atoms with Crippen LogP contribution in [0.4, 0.5) is 0 Å². The molecule has 0 aliphatic rings. The van der Waals surface area contributed by atoms with Gasteiger partial charge in [-0.2, -0.15) is 0 Å². The van der Waals surface area contributed by atoms with Gasteiger partial charge in [0.1, 0.15) is 0 Å². The fourth-order valence-electron chi connectivity index (χ4n) is 5.16. The maximum atomic E-state index is 9.35. The lowest BCUT2D eigenvalue weighted by molar-refractivity contribution is 0.273. The smallest absolute Gasteiger partial charge is 0.203 e. The molecular formula is C38H48N4O8S2. The van der Waals surface area contributed by atoms with Gasteiger partial charge in [0.05, 0.1) is 77.4 Å². The van der Waals surface area contributed by atoms with E-state index in [0.29, 0.717) is 64.7 Å². The summed E-state index contributed by atoms with van der Waals surface area (Å²) >= 11 is 6.71. The lowest BCUT2D eigenvalue weighted by Gasteiger charge is -2.14. The van der Waals surface area contributed by atoms with Crippen LogP contribution in [-0.2, 0) is 13.1 Å². The van der Waals surface area contributed by atoms with E-state index in [1.165, 1.54) is 0 Å². The zero-order valence-electron chi connectivity index (χ0n) is 29.3. The molecule has 2 aromatic heterocycles. The Bertz CT molecular complexity index is 1980. The monoisotopic (exact) mass is 752 g/mol. The highest BCUT2D eigenvalue weighted by atomic mass is 32.2. The fraction of sp³-hybridized carbons (Fsp3) is 0.316. The minimum Gasteiger partial charge on any atom is -0.493 e. The first-order chi connectivity index (χ1) is 24.9. The van der Waals surface area contributed by atoms with Crippen LogP contribution in [-0.4, -0.2) is 90.4 Å². The number of hydrogen-bond acceptors (Lipinski definition) is 11. The van der Waals surface area contributed by atoms with Crippen molar-refractivity contribution in [2.75, 3.05) is 61.1 Å². The Morgan fingerprint density at radius 1 is 0.654 bits per heavy atom. The predicted molar refractivity (Wildman–Crippen MR) is 210 cm³/mol. The number of thioether (sulfide) groups is 1. The molecule has 0 atom stereocenters. The van der Waals surface area contributed by atoms with Crippen molar-refractivity contribution in [3.05, 3.63) is 89.7 Å². The summed E-state index contributed by atoms with van der Waals surface area (Å²) in [6.45, 7) is 1.72. The number of rotatable bonds is 14. The van der Waals surface area contributed by atoms with Gasteiger partial charge in [0.15, 0.2) is 32.9 Å². The van der Waals surface area contributed by atoms with Gasteiger partial charge in [0.25, 0.3) is 0 Å². The van der Waals surface area contributed by atoms with Crippen LogP contribution in [0.3, 0.4) is 0 Å².